The first-order valence-corrected chi connectivity index (χ1v) is 6.52. The molecule has 0 atom stereocenters. The molecule has 0 amide bonds. The van der Waals surface area contributed by atoms with E-state index in [2.05, 4.69) is 15.6 Å². The molecular formula is C10H16N4O2S. The number of primary sulfonamides is 1. The Morgan fingerprint density at radius 2 is 1.94 bits per heavy atom. The van der Waals surface area contributed by atoms with Gasteiger partial charge in [-0.2, -0.15) is 0 Å². The van der Waals surface area contributed by atoms with Gasteiger partial charge >= 0.3 is 0 Å². The molecule has 6 nitrogen and oxygen atoms in total. The van der Waals surface area contributed by atoms with Crippen LogP contribution in [0.25, 0.3) is 0 Å². The summed E-state index contributed by atoms with van der Waals surface area (Å²) < 4.78 is 22.1. The number of aliphatic imine (C=N–C) groups is 1. The SMILES string of the molecule is CN=C(NC)NCc1ccc(S(N)(=O)=O)cc1. The van der Waals surface area contributed by atoms with Crippen LogP contribution in [0.5, 0.6) is 0 Å². The summed E-state index contributed by atoms with van der Waals surface area (Å²) in [6.45, 7) is 0.554. The summed E-state index contributed by atoms with van der Waals surface area (Å²) in [6.07, 6.45) is 0. The lowest BCUT2D eigenvalue weighted by Gasteiger charge is -2.08. The highest BCUT2D eigenvalue weighted by Gasteiger charge is 2.06. The van der Waals surface area contributed by atoms with Crippen LogP contribution in [0.3, 0.4) is 0 Å². The van der Waals surface area contributed by atoms with Crippen molar-refractivity contribution in [1.29, 1.82) is 0 Å². The molecule has 0 aliphatic heterocycles. The molecule has 7 heteroatoms. The maximum Gasteiger partial charge on any atom is 0.238 e. The number of guanidine groups is 1. The standard InChI is InChI=1S/C10H16N4O2S/c1-12-10(13-2)14-7-8-3-5-9(6-4-8)17(11,15)16/h3-6H,7H2,1-2H3,(H2,11,15,16)(H2,12,13,14). The molecule has 0 saturated carbocycles. The molecule has 0 unspecified atom stereocenters. The van der Waals surface area contributed by atoms with Crippen molar-refractivity contribution in [3.8, 4) is 0 Å². The highest BCUT2D eigenvalue weighted by atomic mass is 32.2. The zero-order chi connectivity index (χ0) is 12.9. The van der Waals surface area contributed by atoms with Gasteiger partial charge in [-0.3, -0.25) is 4.99 Å². The van der Waals surface area contributed by atoms with Gasteiger partial charge in [-0.25, -0.2) is 13.6 Å². The summed E-state index contributed by atoms with van der Waals surface area (Å²) in [7, 11) is -0.184. The van der Waals surface area contributed by atoms with Crippen molar-refractivity contribution in [3.63, 3.8) is 0 Å². The third-order valence-electron chi connectivity index (χ3n) is 2.17. The zero-order valence-corrected chi connectivity index (χ0v) is 10.6. The lowest BCUT2D eigenvalue weighted by molar-refractivity contribution is 0.597. The number of benzene rings is 1. The number of rotatable bonds is 3. The Hall–Kier alpha value is -1.60. The minimum Gasteiger partial charge on any atom is -0.359 e. The molecule has 0 fully saturated rings. The van der Waals surface area contributed by atoms with Crippen molar-refractivity contribution in [2.75, 3.05) is 14.1 Å². The monoisotopic (exact) mass is 256 g/mol. The molecule has 0 bridgehead atoms. The third kappa shape index (κ3) is 4.04. The number of nitrogens with zero attached hydrogens (tertiary/aromatic N) is 1. The molecule has 0 radical (unpaired) electrons. The fraction of sp³-hybridized carbons (Fsp3) is 0.300. The van der Waals surface area contributed by atoms with Crippen LogP contribution in [0.15, 0.2) is 34.2 Å². The van der Waals surface area contributed by atoms with E-state index in [4.69, 9.17) is 5.14 Å². The fourth-order valence-electron chi connectivity index (χ4n) is 1.26. The molecule has 0 heterocycles. The topological polar surface area (TPSA) is 96.6 Å². The Morgan fingerprint density at radius 3 is 2.35 bits per heavy atom. The number of hydrogen-bond acceptors (Lipinski definition) is 3. The quantitative estimate of drug-likeness (QED) is 0.508. The predicted molar refractivity (Wildman–Crippen MR) is 67.1 cm³/mol. The zero-order valence-electron chi connectivity index (χ0n) is 9.77. The summed E-state index contributed by atoms with van der Waals surface area (Å²) in [5.74, 6) is 0.667. The van der Waals surface area contributed by atoms with Gasteiger partial charge in [0.25, 0.3) is 0 Å². The summed E-state index contributed by atoms with van der Waals surface area (Å²) in [6, 6.07) is 6.37. The second-order valence-electron chi connectivity index (χ2n) is 3.36. The highest BCUT2D eigenvalue weighted by molar-refractivity contribution is 7.89. The van der Waals surface area contributed by atoms with E-state index < -0.39 is 10.0 Å². The number of sulfonamides is 1. The van der Waals surface area contributed by atoms with Gasteiger partial charge in [0.05, 0.1) is 4.90 Å². The van der Waals surface area contributed by atoms with Crippen molar-refractivity contribution >= 4 is 16.0 Å². The largest absolute Gasteiger partial charge is 0.359 e. The van der Waals surface area contributed by atoms with Gasteiger partial charge < -0.3 is 10.6 Å². The summed E-state index contributed by atoms with van der Waals surface area (Å²) in [5.41, 5.74) is 0.939. The molecule has 0 aliphatic rings. The van der Waals surface area contributed by atoms with Crippen LogP contribution in [0.2, 0.25) is 0 Å². The lowest BCUT2D eigenvalue weighted by Crippen LogP contribution is -2.34. The van der Waals surface area contributed by atoms with Gasteiger partial charge in [-0.05, 0) is 17.7 Å². The van der Waals surface area contributed by atoms with Crippen LogP contribution < -0.4 is 15.8 Å². The molecule has 4 N–H and O–H groups in total. The van der Waals surface area contributed by atoms with Gasteiger partial charge in [-0.15, -0.1) is 0 Å². The second-order valence-corrected chi connectivity index (χ2v) is 4.93. The van der Waals surface area contributed by atoms with Crippen molar-refractivity contribution in [2.45, 2.75) is 11.4 Å². The van der Waals surface area contributed by atoms with Crippen LogP contribution in [-0.4, -0.2) is 28.5 Å². The molecule has 0 saturated heterocycles. The minimum atomic E-state index is -3.62. The van der Waals surface area contributed by atoms with E-state index >= 15 is 0 Å². The minimum absolute atomic E-state index is 0.110. The fourth-order valence-corrected chi connectivity index (χ4v) is 1.78. The molecule has 1 aromatic rings. The average Bonchev–Trinajstić information content (AvgIpc) is 2.30. The summed E-state index contributed by atoms with van der Waals surface area (Å²) in [5, 5.41) is 10.9. The second kappa shape index (κ2) is 5.65. The molecular weight excluding hydrogens is 240 g/mol. The lowest BCUT2D eigenvalue weighted by atomic mass is 10.2. The third-order valence-corrected chi connectivity index (χ3v) is 3.10. The molecule has 1 aromatic carbocycles. The van der Waals surface area contributed by atoms with Crippen molar-refractivity contribution in [1.82, 2.24) is 10.6 Å². The molecule has 0 spiro atoms. The maximum atomic E-state index is 11.0. The summed E-state index contributed by atoms with van der Waals surface area (Å²) >= 11 is 0. The van der Waals surface area contributed by atoms with Gasteiger partial charge in [0.1, 0.15) is 0 Å². The molecule has 94 valence electrons. The first-order valence-electron chi connectivity index (χ1n) is 4.97. The van der Waals surface area contributed by atoms with E-state index in [1.54, 1.807) is 26.2 Å². The van der Waals surface area contributed by atoms with Gasteiger partial charge in [0.15, 0.2) is 5.96 Å². The van der Waals surface area contributed by atoms with Crippen molar-refractivity contribution in [3.05, 3.63) is 29.8 Å². The normalized spacial score (nSPS) is 12.3. The predicted octanol–water partition coefficient (Wildman–Crippen LogP) is -0.371. The van der Waals surface area contributed by atoms with Crippen molar-refractivity contribution < 1.29 is 8.42 Å². The Bertz CT molecular complexity index is 494. The van der Waals surface area contributed by atoms with Gasteiger partial charge in [-0.1, -0.05) is 12.1 Å². The van der Waals surface area contributed by atoms with E-state index in [-0.39, 0.29) is 4.90 Å². The molecule has 0 aromatic heterocycles. The summed E-state index contributed by atoms with van der Waals surface area (Å²) in [4.78, 5) is 4.07. The van der Waals surface area contributed by atoms with Gasteiger partial charge in [0, 0.05) is 20.6 Å². The van der Waals surface area contributed by atoms with E-state index in [9.17, 15) is 8.42 Å². The Balaban J connectivity index is 2.70. The van der Waals surface area contributed by atoms with E-state index in [1.165, 1.54) is 12.1 Å². The molecule has 1 rings (SSSR count). The first-order chi connectivity index (χ1) is 7.97. The van der Waals surface area contributed by atoms with E-state index in [1.807, 2.05) is 0 Å². The van der Waals surface area contributed by atoms with Crippen LogP contribution in [-0.2, 0) is 16.6 Å². The average molecular weight is 256 g/mol. The van der Waals surface area contributed by atoms with Crippen LogP contribution in [0.1, 0.15) is 5.56 Å². The van der Waals surface area contributed by atoms with E-state index in [0.29, 0.717) is 12.5 Å². The van der Waals surface area contributed by atoms with Crippen LogP contribution in [0, 0.1) is 0 Å². The number of nitrogens with one attached hydrogen (secondary N) is 2. The Kier molecular flexibility index (Phi) is 4.47. The van der Waals surface area contributed by atoms with E-state index in [0.717, 1.165) is 5.56 Å². The maximum absolute atomic E-state index is 11.0. The number of nitrogens with two attached hydrogens (primary N) is 1. The van der Waals surface area contributed by atoms with Crippen LogP contribution >= 0.6 is 0 Å². The molecule has 0 aliphatic carbocycles. The Morgan fingerprint density at radius 1 is 1.35 bits per heavy atom. The van der Waals surface area contributed by atoms with Gasteiger partial charge in [0.2, 0.25) is 10.0 Å². The first kappa shape index (κ1) is 13.5. The van der Waals surface area contributed by atoms with Crippen molar-refractivity contribution in [2.24, 2.45) is 10.1 Å². The smallest absolute Gasteiger partial charge is 0.238 e. The molecule has 17 heavy (non-hydrogen) atoms. The highest BCUT2D eigenvalue weighted by Crippen LogP contribution is 2.08. The van der Waals surface area contributed by atoms with Crippen LogP contribution in [0.4, 0.5) is 0 Å². The number of hydrogen-bond donors (Lipinski definition) is 3. The Labute approximate surface area is 101 Å².